The molecule has 0 aromatic heterocycles. The van der Waals surface area contributed by atoms with Crippen molar-refractivity contribution in [1.29, 1.82) is 0 Å². The second-order valence-electron chi connectivity index (χ2n) is 9.87. The molecule has 0 aliphatic heterocycles. The van der Waals surface area contributed by atoms with Gasteiger partial charge in [0.25, 0.3) is 0 Å². The van der Waals surface area contributed by atoms with Gasteiger partial charge in [0.2, 0.25) is 0 Å². The van der Waals surface area contributed by atoms with Crippen molar-refractivity contribution in [2.24, 2.45) is 17.8 Å². The first-order valence-electron chi connectivity index (χ1n) is 13.8. The van der Waals surface area contributed by atoms with Gasteiger partial charge < -0.3 is 4.74 Å². The number of carbonyl (C=O) groups is 3. The molecule has 0 saturated carbocycles. The first-order chi connectivity index (χ1) is 16.6. The fraction of sp³-hybridized carbons (Fsp3) is 0.710. The second kappa shape index (κ2) is 18.5. The van der Waals surface area contributed by atoms with Gasteiger partial charge in [-0.1, -0.05) is 66.0 Å². The Morgan fingerprint density at radius 3 is 2.11 bits per heavy atom. The van der Waals surface area contributed by atoms with Gasteiger partial charge in [-0.15, -0.1) is 0 Å². The molecule has 1 aliphatic rings. The minimum absolute atomic E-state index is 0.0460. The number of methoxy groups -OCH3 is 1. The van der Waals surface area contributed by atoms with Crippen molar-refractivity contribution in [3.63, 3.8) is 0 Å². The van der Waals surface area contributed by atoms with Gasteiger partial charge in [-0.05, 0) is 75.0 Å². The van der Waals surface area contributed by atoms with E-state index < -0.39 is 0 Å². The predicted octanol–water partition coefficient (Wildman–Crippen LogP) is 7.75. The zero-order valence-corrected chi connectivity index (χ0v) is 24.1. The Bertz CT molecular complexity index is 778. The quantitative estimate of drug-likeness (QED) is 0.299. The summed E-state index contributed by atoms with van der Waals surface area (Å²) in [5, 5.41) is 0. The van der Waals surface area contributed by atoms with Gasteiger partial charge in [0.15, 0.2) is 5.78 Å². The smallest absolute Gasteiger partial charge is 0.163 e. The summed E-state index contributed by atoms with van der Waals surface area (Å²) in [5.74, 6) is 0.782. The van der Waals surface area contributed by atoms with Crippen LogP contribution in [0.2, 0.25) is 0 Å². The number of fused-ring (bicyclic) bond motifs is 1. The van der Waals surface area contributed by atoms with E-state index >= 15 is 0 Å². The van der Waals surface area contributed by atoms with Gasteiger partial charge in [-0.2, -0.15) is 0 Å². The predicted molar refractivity (Wildman–Crippen MR) is 147 cm³/mol. The normalized spacial score (nSPS) is 16.1. The van der Waals surface area contributed by atoms with Crippen LogP contribution in [0.5, 0.6) is 0 Å². The molecule has 0 saturated heterocycles. The van der Waals surface area contributed by atoms with Crippen LogP contribution >= 0.6 is 0 Å². The summed E-state index contributed by atoms with van der Waals surface area (Å²) in [6.07, 6.45) is 7.42. The molecule has 1 aliphatic carbocycles. The van der Waals surface area contributed by atoms with Crippen molar-refractivity contribution >= 4 is 17.3 Å². The molecule has 3 atom stereocenters. The highest BCUT2D eigenvalue weighted by atomic mass is 16.5. The SMILES string of the molecule is CCC.CCCC(CC1CC(=O)c2c(C)ccc(CC)c2C1)C(CC)C(=O)CC(C)=O.CCOC. The van der Waals surface area contributed by atoms with Crippen LogP contribution in [0.15, 0.2) is 12.1 Å². The first kappa shape index (κ1) is 33.2. The monoisotopic (exact) mass is 488 g/mol. The molecule has 0 radical (unpaired) electrons. The van der Waals surface area contributed by atoms with Gasteiger partial charge >= 0.3 is 0 Å². The van der Waals surface area contributed by atoms with Gasteiger partial charge in [0.05, 0.1) is 6.42 Å². The molecule has 3 unspecified atom stereocenters. The van der Waals surface area contributed by atoms with Crippen LogP contribution in [0, 0.1) is 24.7 Å². The lowest BCUT2D eigenvalue weighted by atomic mass is 9.71. The number of hydrogen-bond donors (Lipinski definition) is 0. The average Bonchev–Trinajstić information content (AvgIpc) is 2.80. The van der Waals surface area contributed by atoms with Crippen LogP contribution in [0.3, 0.4) is 0 Å². The van der Waals surface area contributed by atoms with E-state index in [4.69, 9.17) is 0 Å². The Kier molecular flexibility index (Phi) is 17.5. The molecule has 0 bridgehead atoms. The molecular weight excluding hydrogens is 436 g/mol. The molecule has 200 valence electrons. The topological polar surface area (TPSA) is 60.4 Å². The summed E-state index contributed by atoms with van der Waals surface area (Å²) < 4.78 is 4.54. The average molecular weight is 489 g/mol. The summed E-state index contributed by atoms with van der Waals surface area (Å²) in [6, 6.07) is 4.24. The highest BCUT2D eigenvalue weighted by Crippen LogP contribution is 2.37. The lowest BCUT2D eigenvalue weighted by molar-refractivity contribution is -0.129. The van der Waals surface area contributed by atoms with Gasteiger partial charge in [-0.3, -0.25) is 14.4 Å². The molecule has 1 aromatic rings. The summed E-state index contributed by atoms with van der Waals surface area (Å²) in [5.41, 5.74) is 4.55. The van der Waals surface area contributed by atoms with E-state index in [-0.39, 0.29) is 35.6 Å². The van der Waals surface area contributed by atoms with Crippen LogP contribution < -0.4 is 0 Å². The number of ketones is 3. The summed E-state index contributed by atoms with van der Waals surface area (Å²) >= 11 is 0. The van der Waals surface area contributed by atoms with Crippen molar-refractivity contribution in [3.8, 4) is 0 Å². The van der Waals surface area contributed by atoms with E-state index in [2.05, 4.69) is 44.6 Å². The molecule has 4 nitrogen and oxygen atoms in total. The summed E-state index contributed by atoms with van der Waals surface area (Å²) in [7, 11) is 1.68. The van der Waals surface area contributed by atoms with Crippen LogP contribution in [-0.2, 0) is 27.2 Å². The maximum atomic E-state index is 12.9. The van der Waals surface area contributed by atoms with Crippen molar-refractivity contribution in [1.82, 2.24) is 0 Å². The molecule has 0 fully saturated rings. The lowest BCUT2D eigenvalue weighted by Crippen LogP contribution is -2.30. The fourth-order valence-electron chi connectivity index (χ4n) is 5.14. The number of hydrogen-bond acceptors (Lipinski definition) is 4. The Hall–Kier alpha value is -1.81. The van der Waals surface area contributed by atoms with Gasteiger partial charge in [0.1, 0.15) is 11.6 Å². The minimum Gasteiger partial charge on any atom is -0.385 e. The second-order valence-corrected chi connectivity index (χ2v) is 9.87. The molecule has 2 rings (SSSR count). The summed E-state index contributed by atoms with van der Waals surface area (Å²) in [4.78, 5) is 37.1. The van der Waals surface area contributed by atoms with E-state index in [9.17, 15) is 14.4 Å². The largest absolute Gasteiger partial charge is 0.385 e. The Morgan fingerprint density at radius 1 is 1.06 bits per heavy atom. The molecule has 0 spiro atoms. The van der Waals surface area contributed by atoms with Gasteiger partial charge in [-0.25, -0.2) is 0 Å². The standard InChI is InChI=1S/C25H36O3.C3H8O.C3H8/c1-6-9-20(21(8-3)23(27)12-17(5)26)13-18-14-22-19(7-2)11-10-16(4)25(22)24(28)15-18;1-3-4-2;1-3-2/h10-11,18,20-21H,6-9,12-15H2,1-5H3;3H2,1-2H3;3H2,1-2H3. The molecule has 4 heteroatoms. The number of carbonyl (C=O) groups excluding carboxylic acids is 3. The zero-order chi connectivity index (χ0) is 27.0. The van der Waals surface area contributed by atoms with E-state index in [1.165, 1.54) is 24.5 Å². The third kappa shape index (κ3) is 11.2. The molecular formula is C31H52O4. The maximum absolute atomic E-state index is 12.9. The molecule has 0 amide bonds. The summed E-state index contributed by atoms with van der Waals surface area (Å²) in [6.45, 7) is 16.9. The van der Waals surface area contributed by atoms with Crippen LogP contribution in [0.4, 0.5) is 0 Å². The Balaban J connectivity index is 0.00000146. The van der Waals surface area contributed by atoms with E-state index in [1.54, 1.807) is 7.11 Å². The number of Topliss-reactive ketones (excluding diaryl/α,β-unsaturated/α-hetero) is 3. The molecule has 0 heterocycles. The van der Waals surface area contributed by atoms with E-state index in [0.29, 0.717) is 12.3 Å². The van der Waals surface area contributed by atoms with Crippen molar-refractivity contribution in [2.45, 2.75) is 113 Å². The van der Waals surface area contributed by atoms with E-state index in [1.807, 2.05) is 20.8 Å². The zero-order valence-electron chi connectivity index (χ0n) is 24.1. The van der Waals surface area contributed by atoms with Crippen LogP contribution in [-0.4, -0.2) is 31.1 Å². The van der Waals surface area contributed by atoms with Gasteiger partial charge in [0, 0.05) is 31.6 Å². The fourth-order valence-corrected chi connectivity index (χ4v) is 5.14. The van der Waals surface area contributed by atoms with Crippen LogP contribution in [0.25, 0.3) is 0 Å². The highest BCUT2D eigenvalue weighted by Gasteiger charge is 2.33. The minimum atomic E-state index is -0.0662. The number of ether oxygens (including phenoxy) is 1. The highest BCUT2D eigenvalue weighted by molar-refractivity contribution is 6.00. The third-order valence-electron chi connectivity index (χ3n) is 6.67. The lowest BCUT2D eigenvalue weighted by Gasteiger charge is -2.32. The van der Waals surface area contributed by atoms with Crippen molar-refractivity contribution < 1.29 is 19.1 Å². The maximum Gasteiger partial charge on any atom is 0.163 e. The van der Waals surface area contributed by atoms with Crippen molar-refractivity contribution in [2.75, 3.05) is 13.7 Å². The number of benzene rings is 1. The third-order valence-corrected chi connectivity index (χ3v) is 6.67. The number of rotatable bonds is 11. The molecule has 1 aromatic carbocycles. The number of aryl methyl sites for hydroxylation is 2. The first-order valence-corrected chi connectivity index (χ1v) is 13.8. The Morgan fingerprint density at radius 2 is 1.66 bits per heavy atom. The van der Waals surface area contributed by atoms with Crippen LogP contribution in [0.1, 0.15) is 120 Å². The van der Waals surface area contributed by atoms with Crippen molar-refractivity contribution in [3.05, 3.63) is 34.4 Å². The molecule has 35 heavy (non-hydrogen) atoms. The van der Waals surface area contributed by atoms with E-state index in [0.717, 1.165) is 56.3 Å². The molecule has 0 N–H and O–H groups in total. The Labute approximate surface area is 215 Å².